The monoisotopic (exact) mass is 1000 g/mol. The number of nitrogens with one attached hydrogen (secondary N) is 1. The van der Waals surface area contributed by atoms with Crippen molar-refractivity contribution < 1.29 is 85.6 Å². The van der Waals surface area contributed by atoms with Gasteiger partial charge in [0.25, 0.3) is 0 Å². The summed E-state index contributed by atoms with van der Waals surface area (Å²) in [5, 5.41) is 6.65. The lowest BCUT2D eigenvalue weighted by Gasteiger charge is -2.51. The van der Waals surface area contributed by atoms with E-state index in [1.807, 2.05) is 48.5 Å². The quantitative estimate of drug-likeness (QED) is 0.0599. The Labute approximate surface area is 414 Å². The maximum absolute atomic E-state index is 14.0. The van der Waals surface area contributed by atoms with Crippen LogP contribution in [0.25, 0.3) is 21.6 Å². The SMILES string of the molecule is CC(=O)OCC1O[C@@H](O[C@@H]2C(N=[N+]=[N-])[C@@H](O[C@H](C)[C@H](NC(=O)OCC3c4ccccc4-c4ccccc43)C(=O)OC(C)(C)C)OC3COC(c4ccccc4)O[C@@H]32)C(OC(C)=O)[C@@H](OC(C)=O)[C@H]1OC(C)=O. The van der Waals surface area contributed by atoms with Crippen molar-refractivity contribution in [1.29, 1.82) is 0 Å². The Balaban J connectivity index is 1.21. The molecule has 0 aromatic heterocycles. The van der Waals surface area contributed by atoms with Crippen molar-refractivity contribution in [2.75, 3.05) is 19.8 Å². The van der Waals surface area contributed by atoms with Crippen molar-refractivity contribution in [2.45, 2.75) is 147 Å². The van der Waals surface area contributed by atoms with Crippen molar-refractivity contribution >= 4 is 35.9 Å². The minimum absolute atomic E-state index is 0.0772. The molecule has 22 nitrogen and oxygen atoms in total. The molecule has 3 aliphatic heterocycles. The zero-order valence-electron chi connectivity index (χ0n) is 40.9. The first kappa shape index (κ1) is 53.2. The lowest BCUT2D eigenvalue weighted by atomic mass is 9.94. The summed E-state index contributed by atoms with van der Waals surface area (Å²) < 4.78 is 72.2. The van der Waals surface area contributed by atoms with E-state index in [4.69, 9.17) is 56.8 Å². The van der Waals surface area contributed by atoms with Crippen LogP contribution in [-0.4, -0.2) is 135 Å². The standard InChI is InChI=1S/C50H58N4O18/c1-25(38(45(59)72-50(6,7)8)52-49(60)63-22-35-33-20-14-12-18-31(33)32-19-13-15-21-34(32)35)64-47-39(53-54-51)42(40-37(68-47)24-62-46(70-40)30-16-10-9-11-17-30)71-48-44(67-29(5)58)43(66-28(4)57)41(65-27(3)56)36(69-48)23-61-26(2)55/h9-21,25,35-44,46-48H,22-24H2,1-8H3,(H,52,60)/t25-,36?,37?,38+,39?,40+,41+,42-,43+,44?,46?,47+,48+/m1/s1. The van der Waals surface area contributed by atoms with Crippen LogP contribution in [0.2, 0.25) is 0 Å². The molecule has 3 saturated heterocycles. The van der Waals surface area contributed by atoms with Gasteiger partial charge in [-0.1, -0.05) is 84.0 Å². The molecular formula is C50H58N4O18. The van der Waals surface area contributed by atoms with Gasteiger partial charge in [0.2, 0.25) is 0 Å². The molecule has 4 aliphatic rings. The predicted molar refractivity (Wildman–Crippen MR) is 247 cm³/mol. The summed E-state index contributed by atoms with van der Waals surface area (Å²) in [7, 11) is 0. The van der Waals surface area contributed by atoms with Crippen molar-refractivity contribution in [1.82, 2.24) is 5.32 Å². The summed E-state index contributed by atoms with van der Waals surface area (Å²) in [6, 6.07) is 21.3. The molecule has 0 bridgehead atoms. The summed E-state index contributed by atoms with van der Waals surface area (Å²) in [6.45, 7) is 9.91. The number of esters is 5. The van der Waals surface area contributed by atoms with E-state index >= 15 is 0 Å². The minimum atomic E-state index is -1.78. The van der Waals surface area contributed by atoms with Crippen LogP contribution >= 0.6 is 0 Å². The second-order valence-corrected chi connectivity index (χ2v) is 18.4. The summed E-state index contributed by atoms with van der Waals surface area (Å²) in [5.74, 6) is -4.58. The molecule has 386 valence electrons. The van der Waals surface area contributed by atoms with Gasteiger partial charge in [-0.2, -0.15) is 0 Å². The van der Waals surface area contributed by atoms with E-state index in [-0.39, 0.29) is 19.1 Å². The van der Waals surface area contributed by atoms with Crippen molar-refractivity contribution in [2.24, 2.45) is 5.11 Å². The van der Waals surface area contributed by atoms with E-state index in [2.05, 4.69) is 15.3 Å². The van der Waals surface area contributed by atoms with E-state index in [0.29, 0.717) is 5.56 Å². The van der Waals surface area contributed by atoms with Crippen LogP contribution in [0.3, 0.4) is 0 Å². The summed E-state index contributed by atoms with van der Waals surface area (Å²) >= 11 is 0. The first-order valence-corrected chi connectivity index (χ1v) is 23.3. The van der Waals surface area contributed by atoms with Gasteiger partial charge < -0.3 is 62.2 Å². The molecular weight excluding hydrogens is 945 g/mol. The van der Waals surface area contributed by atoms with Gasteiger partial charge in [0, 0.05) is 44.1 Å². The molecule has 0 saturated carbocycles. The van der Waals surface area contributed by atoms with E-state index in [1.165, 1.54) is 6.92 Å². The smallest absolute Gasteiger partial charge is 0.407 e. The first-order chi connectivity index (χ1) is 34.3. The van der Waals surface area contributed by atoms with Crippen LogP contribution in [0, 0.1) is 0 Å². The van der Waals surface area contributed by atoms with Crippen LogP contribution in [-0.2, 0) is 80.8 Å². The largest absolute Gasteiger partial charge is 0.463 e. The third-order valence-corrected chi connectivity index (χ3v) is 11.9. The zero-order valence-corrected chi connectivity index (χ0v) is 40.9. The Hall–Kier alpha value is -6.65. The van der Waals surface area contributed by atoms with Crippen molar-refractivity contribution in [3.05, 3.63) is 106 Å². The minimum Gasteiger partial charge on any atom is -0.463 e. The molecule has 1 amide bonds. The molecule has 3 aromatic rings. The molecule has 22 heteroatoms. The van der Waals surface area contributed by atoms with Crippen molar-refractivity contribution in [3.8, 4) is 11.1 Å². The fraction of sp³-hybridized carbons (Fsp3) is 0.520. The van der Waals surface area contributed by atoms with Crippen LogP contribution in [0.1, 0.15) is 84.3 Å². The van der Waals surface area contributed by atoms with Crippen LogP contribution in [0.4, 0.5) is 4.79 Å². The highest BCUT2D eigenvalue weighted by atomic mass is 16.8. The fourth-order valence-corrected chi connectivity index (χ4v) is 9.03. The highest BCUT2D eigenvalue weighted by molar-refractivity contribution is 5.83. The third kappa shape index (κ3) is 12.9. The van der Waals surface area contributed by atoms with E-state index in [0.717, 1.165) is 49.9 Å². The number of ether oxygens (including phenoxy) is 12. The highest BCUT2D eigenvalue weighted by Crippen LogP contribution is 2.45. The average molecular weight is 1000 g/mol. The lowest BCUT2D eigenvalue weighted by Crippen LogP contribution is -2.67. The fourth-order valence-electron chi connectivity index (χ4n) is 9.03. The Bertz CT molecular complexity index is 2450. The van der Waals surface area contributed by atoms with E-state index in [9.17, 15) is 34.3 Å². The maximum Gasteiger partial charge on any atom is 0.407 e. The molecule has 3 heterocycles. The Morgan fingerprint density at radius 2 is 1.32 bits per heavy atom. The molecule has 5 unspecified atom stereocenters. The van der Waals surface area contributed by atoms with Crippen LogP contribution < -0.4 is 5.32 Å². The number of azide groups is 1. The molecule has 0 spiro atoms. The van der Waals surface area contributed by atoms with E-state index < -0.39 is 128 Å². The maximum atomic E-state index is 14.0. The Morgan fingerprint density at radius 1 is 0.722 bits per heavy atom. The van der Waals surface area contributed by atoms with Gasteiger partial charge >= 0.3 is 35.9 Å². The Morgan fingerprint density at radius 3 is 1.92 bits per heavy atom. The van der Waals surface area contributed by atoms with Gasteiger partial charge in [0.15, 0.2) is 43.2 Å². The van der Waals surface area contributed by atoms with Crippen LogP contribution in [0.15, 0.2) is 84.0 Å². The molecule has 3 fully saturated rings. The second-order valence-electron chi connectivity index (χ2n) is 18.4. The number of alkyl carbamates (subject to hydrolysis) is 1. The van der Waals surface area contributed by atoms with E-state index in [1.54, 1.807) is 51.1 Å². The van der Waals surface area contributed by atoms with Gasteiger partial charge in [-0.3, -0.25) is 19.2 Å². The number of rotatable bonds is 16. The number of carbonyl (C=O) groups is 6. The number of amides is 1. The Kier molecular flexibility index (Phi) is 17.2. The summed E-state index contributed by atoms with van der Waals surface area (Å²) in [6.07, 6.45) is -16.8. The first-order valence-electron chi connectivity index (χ1n) is 23.3. The molecule has 1 N–H and O–H groups in total. The predicted octanol–water partition coefficient (Wildman–Crippen LogP) is 5.63. The molecule has 0 radical (unpaired) electrons. The zero-order chi connectivity index (χ0) is 51.9. The lowest BCUT2D eigenvalue weighted by molar-refractivity contribution is -0.379. The normalized spacial score (nSPS) is 27.4. The number of fused-ring (bicyclic) bond motifs is 4. The third-order valence-electron chi connectivity index (χ3n) is 11.9. The summed E-state index contributed by atoms with van der Waals surface area (Å²) in [4.78, 5) is 80.9. The average Bonchev–Trinajstić information content (AvgIpc) is 3.64. The van der Waals surface area contributed by atoms with Gasteiger partial charge in [-0.05, 0) is 55.5 Å². The molecule has 13 atom stereocenters. The topological polar surface area (TPSA) is 274 Å². The molecule has 7 rings (SSSR count). The number of benzene rings is 3. The highest BCUT2D eigenvalue weighted by Gasteiger charge is 2.58. The van der Waals surface area contributed by atoms with Gasteiger partial charge in [0.1, 0.15) is 49.3 Å². The molecule has 1 aliphatic carbocycles. The van der Waals surface area contributed by atoms with Gasteiger partial charge in [-0.25, -0.2) is 9.59 Å². The van der Waals surface area contributed by atoms with Gasteiger partial charge in [-0.15, -0.1) is 0 Å². The second kappa shape index (κ2) is 23.3. The number of hydrogen-bond donors (Lipinski definition) is 1. The summed E-state index contributed by atoms with van der Waals surface area (Å²) in [5.41, 5.74) is 13.7. The molecule has 3 aromatic carbocycles. The molecule has 72 heavy (non-hydrogen) atoms. The van der Waals surface area contributed by atoms with Crippen molar-refractivity contribution in [3.63, 3.8) is 0 Å². The number of nitrogens with zero attached hydrogens (tertiary/aromatic N) is 3. The number of hydrogen-bond acceptors (Lipinski definition) is 19. The number of carbonyl (C=O) groups excluding carboxylic acids is 6. The van der Waals surface area contributed by atoms with Gasteiger partial charge in [0.05, 0.1) is 12.7 Å². The van der Waals surface area contributed by atoms with Crippen LogP contribution in [0.5, 0.6) is 0 Å².